The third-order valence-electron chi connectivity index (χ3n) is 8.29. The van der Waals surface area contributed by atoms with Gasteiger partial charge in [0.1, 0.15) is 0 Å². The van der Waals surface area contributed by atoms with Gasteiger partial charge in [0.15, 0.2) is 0 Å². The maximum Gasteiger partial charge on any atom is 0.416 e. The van der Waals surface area contributed by atoms with Crippen molar-refractivity contribution in [2.75, 3.05) is 65.7 Å². The van der Waals surface area contributed by atoms with E-state index >= 15 is 0 Å². The van der Waals surface area contributed by atoms with Crippen molar-refractivity contribution in [1.29, 1.82) is 0 Å². The molecule has 9 heteroatoms. The van der Waals surface area contributed by atoms with E-state index in [0.717, 1.165) is 24.2 Å². The zero-order chi connectivity index (χ0) is 29.0. The number of likely N-dealkylation sites (tertiary alicyclic amines) is 2. The number of aryl methyl sites for hydroxylation is 1. The van der Waals surface area contributed by atoms with Gasteiger partial charge in [-0.3, -0.25) is 4.90 Å². The summed E-state index contributed by atoms with van der Waals surface area (Å²) in [6, 6.07) is 3.79. The number of nitrogens with zero attached hydrogens (tertiary/aromatic N) is 4. The number of benzene rings is 1. The molecule has 0 saturated carbocycles. The van der Waals surface area contributed by atoms with Gasteiger partial charge in [-0.25, -0.2) is 4.31 Å². The highest BCUT2D eigenvalue weighted by Crippen LogP contribution is 2.33. The van der Waals surface area contributed by atoms with Crippen LogP contribution in [0, 0.1) is 13.8 Å². The van der Waals surface area contributed by atoms with E-state index in [1.807, 2.05) is 13.8 Å². The molecule has 0 spiro atoms. The van der Waals surface area contributed by atoms with Crippen molar-refractivity contribution in [3.63, 3.8) is 0 Å². The van der Waals surface area contributed by atoms with Crippen molar-refractivity contribution < 1.29 is 13.2 Å². The van der Waals surface area contributed by atoms with E-state index in [1.165, 1.54) is 96.5 Å². The van der Waals surface area contributed by atoms with Gasteiger partial charge in [0.25, 0.3) is 0 Å². The first-order chi connectivity index (χ1) is 18.5. The summed E-state index contributed by atoms with van der Waals surface area (Å²) < 4.78 is 39.3. The molecule has 0 amide bonds. The molecule has 1 unspecified atom stereocenters. The van der Waals surface area contributed by atoms with Crippen LogP contribution in [0.2, 0.25) is 5.02 Å². The summed E-state index contributed by atoms with van der Waals surface area (Å²) in [5.41, 5.74) is 0.551. The Balaban J connectivity index is 0.000000301. The van der Waals surface area contributed by atoms with Crippen LogP contribution in [0.4, 0.5) is 13.2 Å². The first kappa shape index (κ1) is 34.7. The fraction of sp³-hybridized carbons (Fsp3) is 0.800. The number of hydrogen-bond donors (Lipinski definition) is 0. The number of rotatable bonds is 7. The van der Waals surface area contributed by atoms with Crippen LogP contribution in [0.25, 0.3) is 0 Å². The standard InChI is InChI=1S/C19H38N4S.C9H8ClF3.C2H6/c1-20-11-8-19(9-12-20)22-13-15-23(16-14-22)24-17-4-3-6-18-7-5-10-21(18)2;1-5-3-7(9(11,12)13)4-8(10)6(5)2;1-2/h18-19H,3-17H2,1-2H3;3-4H,1-2H3;1-2H3. The molecule has 226 valence electrons. The van der Waals surface area contributed by atoms with E-state index in [0.29, 0.717) is 11.1 Å². The lowest BCUT2D eigenvalue weighted by molar-refractivity contribution is -0.137. The lowest BCUT2D eigenvalue weighted by Gasteiger charge is -2.41. The van der Waals surface area contributed by atoms with Gasteiger partial charge in [-0.1, -0.05) is 43.8 Å². The molecule has 3 aliphatic heterocycles. The van der Waals surface area contributed by atoms with Gasteiger partial charge in [0.05, 0.1) is 5.56 Å². The molecule has 0 aromatic heterocycles. The second-order valence-corrected chi connectivity index (χ2v) is 12.6. The molecule has 3 saturated heterocycles. The Morgan fingerprint density at radius 2 is 1.54 bits per heavy atom. The summed E-state index contributed by atoms with van der Waals surface area (Å²) >= 11 is 7.74. The maximum atomic E-state index is 12.2. The van der Waals surface area contributed by atoms with Gasteiger partial charge in [-0.15, -0.1) is 0 Å². The number of piperazine rings is 1. The van der Waals surface area contributed by atoms with Crippen molar-refractivity contribution in [2.45, 2.75) is 90.9 Å². The summed E-state index contributed by atoms with van der Waals surface area (Å²) in [6.07, 6.45) is 5.50. The molecule has 39 heavy (non-hydrogen) atoms. The fourth-order valence-electron chi connectivity index (χ4n) is 5.56. The first-order valence-electron chi connectivity index (χ1n) is 14.9. The lowest BCUT2D eigenvalue weighted by Crippen LogP contribution is -2.51. The quantitative estimate of drug-likeness (QED) is 0.238. The highest BCUT2D eigenvalue weighted by Gasteiger charge is 2.31. The van der Waals surface area contributed by atoms with Crippen molar-refractivity contribution >= 4 is 23.5 Å². The van der Waals surface area contributed by atoms with E-state index in [2.05, 4.69) is 45.0 Å². The summed E-state index contributed by atoms with van der Waals surface area (Å²) in [6.45, 7) is 16.3. The Kier molecular flexibility index (Phi) is 15.5. The zero-order valence-corrected chi connectivity index (χ0v) is 26.7. The van der Waals surface area contributed by atoms with E-state index in [-0.39, 0.29) is 5.02 Å². The van der Waals surface area contributed by atoms with Crippen molar-refractivity contribution in [3.05, 3.63) is 33.8 Å². The second kappa shape index (κ2) is 17.4. The highest BCUT2D eigenvalue weighted by atomic mass is 35.5. The Hall–Kier alpha value is -0.510. The van der Waals surface area contributed by atoms with Gasteiger partial charge in [0, 0.05) is 49.0 Å². The largest absolute Gasteiger partial charge is 0.416 e. The molecule has 3 fully saturated rings. The van der Waals surface area contributed by atoms with Crippen LogP contribution >= 0.6 is 23.5 Å². The van der Waals surface area contributed by atoms with Crippen LogP contribution in [0.5, 0.6) is 0 Å². The molecule has 0 radical (unpaired) electrons. The summed E-state index contributed by atoms with van der Waals surface area (Å²) in [4.78, 5) is 7.81. The SMILES string of the molecule is CC.CN1CCC(N2CCN(SCCCCC3CCCN3C)CC2)CC1.Cc1cc(C(F)(F)F)cc(Cl)c1C. The predicted octanol–water partition coefficient (Wildman–Crippen LogP) is 7.61. The molecule has 3 heterocycles. The molecule has 0 aliphatic carbocycles. The van der Waals surface area contributed by atoms with Crippen LogP contribution < -0.4 is 0 Å². The highest BCUT2D eigenvalue weighted by molar-refractivity contribution is 7.97. The summed E-state index contributed by atoms with van der Waals surface area (Å²) in [5, 5.41) is 0.160. The molecule has 3 aliphatic rings. The van der Waals surface area contributed by atoms with Crippen molar-refractivity contribution in [1.82, 2.24) is 19.0 Å². The normalized spacial score (nSPS) is 22.3. The first-order valence-corrected chi connectivity index (χ1v) is 16.2. The van der Waals surface area contributed by atoms with Gasteiger partial charge in [-0.05, 0) is 109 Å². The van der Waals surface area contributed by atoms with E-state index < -0.39 is 11.7 Å². The minimum absolute atomic E-state index is 0.160. The van der Waals surface area contributed by atoms with Crippen LogP contribution in [0.1, 0.15) is 75.5 Å². The minimum Gasteiger partial charge on any atom is -0.306 e. The van der Waals surface area contributed by atoms with Crippen LogP contribution in [-0.2, 0) is 6.18 Å². The molecule has 1 atom stereocenters. The average molecular weight is 593 g/mol. The molecule has 1 aromatic carbocycles. The Morgan fingerprint density at radius 3 is 2.08 bits per heavy atom. The third-order valence-corrected chi connectivity index (χ3v) is 9.88. The van der Waals surface area contributed by atoms with Gasteiger partial charge >= 0.3 is 6.18 Å². The second-order valence-electron chi connectivity index (χ2n) is 11.0. The Morgan fingerprint density at radius 1 is 0.897 bits per heavy atom. The van der Waals surface area contributed by atoms with E-state index in [9.17, 15) is 13.2 Å². The summed E-state index contributed by atoms with van der Waals surface area (Å²) in [7, 11) is 4.56. The van der Waals surface area contributed by atoms with Crippen LogP contribution in [0.15, 0.2) is 12.1 Å². The fourth-order valence-corrected chi connectivity index (χ4v) is 6.84. The number of piperidine rings is 1. The zero-order valence-electron chi connectivity index (χ0n) is 25.1. The van der Waals surface area contributed by atoms with Gasteiger partial charge in [0.2, 0.25) is 0 Å². The Bertz CT molecular complexity index is 802. The minimum atomic E-state index is -4.32. The van der Waals surface area contributed by atoms with Gasteiger partial charge < -0.3 is 9.80 Å². The molecular weight excluding hydrogens is 541 g/mol. The maximum absolute atomic E-state index is 12.2. The number of hydrogen-bond acceptors (Lipinski definition) is 5. The molecule has 0 bridgehead atoms. The molecule has 0 N–H and O–H groups in total. The van der Waals surface area contributed by atoms with Crippen LogP contribution in [-0.4, -0.2) is 96.8 Å². The van der Waals surface area contributed by atoms with Gasteiger partial charge in [-0.2, -0.15) is 13.2 Å². The average Bonchev–Trinajstić information content (AvgIpc) is 3.33. The van der Waals surface area contributed by atoms with E-state index in [4.69, 9.17) is 11.6 Å². The molecule has 4 nitrogen and oxygen atoms in total. The smallest absolute Gasteiger partial charge is 0.306 e. The molecule has 1 aromatic rings. The monoisotopic (exact) mass is 592 g/mol. The summed E-state index contributed by atoms with van der Waals surface area (Å²) in [5.74, 6) is 1.32. The third kappa shape index (κ3) is 11.7. The number of unbranched alkanes of at least 4 members (excludes halogenated alkanes) is 1. The molecule has 4 rings (SSSR count). The van der Waals surface area contributed by atoms with Crippen LogP contribution in [0.3, 0.4) is 0 Å². The van der Waals surface area contributed by atoms with Crippen molar-refractivity contribution in [3.8, 4) is 0 Å². The topological polar surface area (TPSA) is 13.0 Å². The van der Waals surface area contributed by atoms with Crippen molar-refractivity contribution in [2.24, 2.45) is 0 Å². The predicted molar refractivity (Wildman–Crippen MR) is 163 cm³/mol. The number of halogens is 4. The Labute approximate surface area is 245 Å². The van der Waals surface area contributed by atoms with E-state index in [1.54, 1.807) is 13.8 Å². The molecular formula is C30H52ClF3N4S. The lowest BCUT2D eigenvalue weighted by atomic mass is 10.0. The number of alkyl halides is 3.